The smallest absolute Gasteiger partial charge is 0.253 e. The van der Waals surface area contributed by atoms with Gasteiger partial charge in [-0.25, -0.2) is 10.1 Å². The van der Waals surface area contributed by atoms with Crippen LogP contribution in [0.5, 0.6) is 0 Å². The Morgan fingerprint density at radius 1 is 1.22 bits per heavy atom. The quantitative estimate of drug-likeness (QED) is 0.495. The van der Waals surface area contributed by atoms with Gasteiger partial charge in [-0.05, 0) is 36.2 Å². The van der Waals surface area contributed by atoms with E-state index >= 15 is 0 Å². The first kappa shape index (κ1) is 19.3. The Morgan fingerprint density at radius 3 is 2.56 bits per heavy atom. The maximum Gasteiger partial charge on any atom is 0.253 e. The van der Waals surface area contributed by atoms with Crippen molar-refractivity contribution in [3.63, 3.8) is 0 Å². The predicted octanol–water partition coefficient (Wildman–Crippen LogP) is 2.98. The van der Waals surface area contributed by atoms with E-state index in [9.17, 15) is 14.9 Å². The van der Waals surface area contributed by atoms with E-state index in [1.54, 1.807) is 17.0 Å². The Bertz CT molecular complexity index is 785. The van der Waals surface area contributed by atoms with Crippen LogP contribution in [-0.2, 0) is 11.2 Å². The van der Waals surface area contributed by atoms with Gasteiger partial charge in [-0.2, -0.15) is 0 Å². The van der Waals surface area contributed by atoms with Gasteiger partial charge in [0.25, 0.3) is 5.91 Å². The molecule has 8 heteroatoms. The molecule has 2 aromatic carbocycles. The summed E-state index contributed by atoms with van der Waals surface area (Å²) in [6, 6.07) is 17.1. The van der Waals surface area contributed by atoms with Gasteiger partial charge in [0.15, 0.2) is 11.8 Å². The fourth-order valence-electron chi connectivity index (χ4n) is 2.96. The molecule has 0 unspecified atom stereocenters. The lowest BCUT2D eigenvalue weighted by molar-refractivity contribution is -0.654. The van der Waals surface area contributed by atoms with Crippen LogP contribution in [0.3, 0.4) is 0 Å². The lowest BCUT2D eigenvalue weighted by atomic mass is 10.1. The first-order valence-corrected chi connectivity index (χ1v) is 9.42. The maximum atomic E-state index is 13.0. The second-order valence-corrected chi connectivity index (χ2v) is 7.25. The molecule has 27 heavy (non-hydrogen) atoms. The van der Waals surface area contributed by atoms with Crippen molar-refractivity contribution < 1.29 is 14.6 Å². The molecule has 1 fully saturated rings. The molecule has 0 aromatic heterocycles. The summed E-state index contributed by atoms with van der Waals surface area (Å²) in [6.07, 6.45) is 0.319. The summed E-state index contributed by atoms with van der Waals surface area (Å²) in [7, 11) is 0. The molecule has 1 atom stereocenters. The van der Waals surface area contributed by atoms with Crippen LogP contribution in [0.4, 0.5) is 0 Å². The van der Waals surface area contributed by atoms with Crippen molar-refractivity contribution in [2.75, 3.05) is 26.4 Å². The second-order valence-electron chi connectivity index (χ2n) is 6.34. The van der Waals surface area contributed by atoms with Crippen LogP contribution < -0.4 is 0 Å². The third-order valence-corrected chi connectivity index (χ3v) is 4.95. The van der Waals surface area contributed by atoms with Crippen molar-refractivity contribution in [3.05, 3.63) is 80.3 Å². The van der Waals surface area contributed by atoms with Gasteiger partial charge in [-0.15, -0.1) is 5.01 Å². The number of nitro groups is 1. The highest BCUT2D eigenvalue weighted by molar-refractivity contribution is 9.10. The largest absolute Gasteiger partial charge is 0.348 e. The molecule has 142 valence electrons. The molecule has 3 rings (SSSR count). The Hall–Kier alpha value is -2.45. The summed E-state index contributed by atoms with van der Waals surface area (Å²) in [5, 5.41) is 11.4. The zero-order valence-electron chi connectivity index (χ0n) is 14.7. The van der Waals surface area contributed by atoms with E-state index in [0.717, 1.165) is 15.0 Å². The van der Waals surface area contributed by atoms with E-state index in [1.165, 1.54) is 0 Å². The van der Waals surface area contributed by atoms with Crippen molar-refractivity contribution >= 4 is 21.8 Å². The first-order valence-electron chi connectivity index (χ1n) is 8.62. The molecule has 1 amide bonds. The van der Waals surface area contributed by atoms with E-state index in [4.69, 9.17) is 4.74 Å². The SMILES string of the molecule is O=C(c1ccc(Br)cc1)N(CCc1ccccc1)C[C@@H]1CN([N+](=O)[O-])CO1. The minimum Gasteiger partial charge on any atom is -0.348 e. The standard InChI is InChI=1S/C19H20BrN3O4/c20-17-8-6-16(7-9-17)19(24)21(11-10-15-4-2-1-3-5-15)12-18-13-22(14-27-18)23(25)26/h1-9,18H,10-14H2/t18-/m1/s1. The van der Waals surface area contributed by atoms with Crippen LogP contribution in [0.25, 0.3) is 0 Å². The van der Waals surface area contributed by atoms with Crippen LogP contribution in [-0.4, -0.2) is 53.3 Å². The van der Waals surface area contributed by atoms with Crippen LogP contribution in [0.15, 0.2) is 59.1 Å². The molecule has 1 saturated heterocycles. The summed E-state index contributed by atoms with van der Waals surface area (Å²) >= 11 is 3.37. The van der Waals surface area contributed by atoms with Crippen molar-refractivity contribution in [3.8, 4) is 0 Å². The molecule has 0 radical (unpaired) electrons. The van der Waals surface area contributed by atoms with E-state index in [0.29, 0.717) is 25.1 Å². The highest BCUT2D eigenvalue weighted by atomic mass is 79.9. The Balaban J connectivity index is 1.70. The minimum absolute atomic E-state index is 0.0589. The number of benzene rings is 2. The van der Waals surface area contributed by atoms with E-state index in [-0.39, 0.29) is 25.3 Å². The highest BCUT2D eigenvalue weighted by Gasteiger charge is 2.32. The molecule has 2 aromatic rings. The topological polar surface area (TPSA) is 75.9 Å². The third kappa shape index (κ3) is 5.27. The highest BCUT2D eigenvalue weighted by Crippen LogP contribution is 2.16. The molecule has 1 aliphatic heterocycles. The van der Waals surface area contributed by atoms with Gasteiger partial charge in [0, 0.05) is 23.1 Å². The molecule has 1 aliphatic rings. The fourth-order valence-corrected chi connectivity index (χ4v) is 3.23. The number of nitrogens with zero attached hydrogens (tertiary/aromatic N) is 3. The fraction of sp³-hybridized carbons (Fsp3) is 0.316. The summed E-state index contributed by atoms with van der Waals surface area (Å²) < 4.78 is 6.40. The number of halogens is 1. The summed E-state index contributed by atoms with van der Waals surface area (Å²) in [5.74, 6) is -0.110. The summed E-state index contributed by atoms with van der Waals surface area (Å²) in [4.78, 5) is 25.6. The Kier molecular flexibility index (Phi) is 6.41. The van der Waals surface area contributed by atoms with Gasteiger partial charge in [0.2, 0.25) is 0 Å². The van der Waals surface area contributed by atoms with E-state index < -0.39 is 5.03 Å². The van der Waals surface area contributed by atoms with Gasteiger partial charge >= 0.3 is 0 Å². The van der Waals surface area contributed by atoms with Gasteiger partial charge in [-0.1, -0.05) is 46.3 Å². The molecule has 1 heterocycles. The molecule has 0 bridgehead atoms. The first-order chi connectivity index (χ1) is 13.0. The van der Waals surface area contributed by atoms with Gasteiger partial charge in [0.1, 0.15) is 12.6 Å². The number of rotatable bonds is 7. The van der Waals surface area contributed by atoms with Crippen LogP contribution >= 0.6 is 15.9 Å². The zero-order chi connectivity index (χ0) is 19.2. The molecule has 7 nitrogen and oxygen atoms in total. The minimum atomic E-state index is -0.467. The summed E-state index contributed by atoms with van der Waals surface area (Å²) in [5.41, 5.74) is 1.71. The molecular weight excluding hydrogens is 414 g/mol. The Labute approximate surface area is 165 Å². The van der Waals surface area contributed by atoms with Crippen LogP contribution in [0, 0.1) is 10.1 Å². The molecule has 0 saturated carbocycles. The molecule has 0 spiro atoms. The van der Waals surface area contributed by atoms with Crippen molar-refractivity contribution in [1.82, 2.24) is 9.91 Å². The van der Waals surface area contributed by atoms with Crippen molar-refractivity contribution in [2.45, 2.75) is 12.5 Å². The second kappa shape index (κ2) is 8.96. The number of hydrogen-bond acceptors (Lipinski definition) is 4. The third-order valence-electron chi connectivity index (χ3n) is 4.42. The number of carbonyl (C=O) groups excluding carboxylic acids is 1. The van der Waals surface area contributed by atoms with Gasteiger partial charge in [0.05, 0.1) is 0 Å². The monoisotopic (exact) mass is 433 g/mol. The van der Waals surface area contributed by atoms with Crippen molar-refractivity contribution in [1.29, 1.82) is 0 Å². The van der Waals surface area contributed by atoms with Crippen LogP contribution in [0.2, 0.25) is 0 Å². The molecule has 0 N–H and O–H groups in total. The number of ether oxygens (including phenoxy) is 1. The molecular formula is C19H20BrN3O4. The average Bonchev–Trinajstić information content (AvgIpc) is 3.15. The number of hydrazine groups is 1. The zero-order valence-corrected chi connectivity index (χ0v) is 16.2. The summed E-state index contributed by atoms with van der Waals surface area (Å²) in [6.45, 7) is 0.933. The van der Waals surface area contributed by atoms with Gasteiger partial charge < -0.3 is 9.64 Å². The van der Waals surface area contributed by atoms with Crippen LogP contribution in [0.1, 0.15) is 15.9 Å². The van der Waals surface area contributed by atoms with E-state index in [1.807, 2.05) is 42.5 Å². The maximum absolute atomic E-state index is 13.0. The Morgan fingerprint density at radius 2 is 1.93 bits per heavy atom. The van der Waals surface area contributed by atoms with Crippen molar-refractivity contribution in [2.24, 2.45) is 0 Å². The van der Waals surface area contributed by atoms with Gasteiger partial charge in [-0.3, -0.25) is 4.79 Å². The van der Waals surface area contributed by atoms with E-state index in [2.05, 4.69) is 15.9 Å². The lowest BCUT2D eigenvalue weighted by Crippen LogP contribution is -2.40. The number of hydrogen-bond donors (Lipinski definition) is 0. The molecule has 0 aliphatic carbocycles. The number of carbonyl (C=O) groups is 1. The lowest BCUT2D eigenvalue weighted by Gasteiger charge is -2.25. The normalized spacial score (nSPS) is 16.3. The predicted molar refractivity (Wildman–Crippen MR) is 104 cm³/mol. The average molecular weight is 434 g/mol. The number of amides is 1.